The molecular weight excluding hydrogens is 276 g/mol. The number of hydrogen-bond acceptors (Lipinski definition) is 3. The summed E-state index contributed by atoms with van der Waals surface area (Å²) in [6, 6.07) is 13.9. The van der Waals surface area contributed by atoms with E-state index in [1.54, 1.807) is 6.20 Å². The van der Waals surface area contributed by atoms with E-state index in [0.29, 0.717) is 19.1 Å². The van der Waals surface area contributed by atoms with Crippen molar-refractivity contribution in [3.63, 3.8) is 0 Å². The van der Waals surface area contributed by atoms with Crippen LogP contribution in [-0.2, 0) is 13.2 Å². The molecule has 5 nitrogen and oxygen atoms in total. The lowest BCUT2D eigenvalue weighted by atomic mass is 10.2. The molecule has 0 atom stereocenters. The Morgan fingerprint density at radius 1 is 1.23 bits per heavy atom. The first-order valence-corrected chi connectivity index (χ1v) is 7.31. The van der Waals surface area contributed by atoms with Gasteiger partial charge in [-0.15, -0.1) is 0 Å². The highest BCUT2D eigenvalue weighted by molar-refractivity contribution is 5.78. The maximum atomic E-state index is 5.77. The van der Waals surface area contributed by atoms with Crippen LogP contribution in [0.4, 0.5) is 0 Å². The minimum Gasteiger partial charge on any atom is -0.487 e. The standard InChI is InChI=1S/C17H22N4O/c1-13(2)21-17(18)20-11-14-6-8-16(9-7-14)22-12-15-5-3-4-10-19-15/h3-10,13H,11-12H2,1-2H3,(H3,18,20,21). The summed E-state index contributed by atoms with van der Waals surface area (Å²) in [7, 11) is 0. The molecule has 0 saturated heterocycles. The molecule has 0 aliphatic rings. The minimum atomic E-state index is 0.283. The Morgan fingerprint density at radius 2 is 2.00 bits per heavy atom. The van der Waals surface area contributed by atoms with Gasteiger partial charge in [0.1, 0.15) is 12.4 Å². The third kappa shape index (κ3) is 5.44. The number of aliphatic imine (C=N–C) groups is 1. The van der Waals surface area contributed by atoms with Gasteiger partial charge < -0.3 is 15.8 Å². The molecule has 5 heteroatoms. The van der Waals surface area contributed by atoms with E-state index in [1.165, 1.54) is 0 Å². The molecule has 2 rings (SSSR count). The number of guanidine groups is 1. The lowest BCUT2D eigenvalue weighted by molar-refractivity contribution is 0.301. The van der Waals surface area contributed by atoms with Gasteiger partial charge in [-0.3, -0.25) is 4.98 Å². The van der Waals surface area contributed by atoms with Crippen molar-refractivity contribution in [3.8, 4) is 5.75 Å². The fourth-order valence-corrected chi connectivity index (χ4v) is 1.85. The van der Waals surface area contributed by atoms with Crippen LogP contribution in [0.15, 0.2) is 53.7 Å². The van der Waals surface area contributed by atoms with Crippen molar-refractivity contribution in [2.24, 2.45) is 10.7 Å². The highest BCUT2D eigenvalue weighted by Crippen LogP contribution is 2.14. The van der Waals surface area contributed by atoms with Crippen molar-refractivity contribution < 1.29 is 4.74 Å². The molecule has 1 aromatic carbocycles. The van der Waals surface area contributed by atoms with E-state index in [2.05, 4.69) is 15.3 Å². The van der Waals surface area contributed by atoms with Crippen molar-refractivity contribution in [2.45, 2.75) is 33.0 Å². The van der Waals surface area contributed by atoms with Crippen LogP contribution in [0, 0.1) is 0 Å². The molecule has 0 saturated carbocycles. The smallest absolute Gasteiger partial charge is 0.189 e. The van der Waals surface area contributed by atoms with Crippen LogP contribution in [-0.4, -0.2) is 17.0 Å². The van der Waals surface area contributed by atoms with Crippen LogP contribution in [0.5, 0.6) is 5.75 Å². The second kappa shape index (κ2) is 8.02. The summed E-state index contributed by atoms with van der Waals surface area (Å²) in [5, 5.41) is 3.06. The summed E-state index contributed by atoms with van der Waals surface area (Å²) in [6.07, 6.45) is 1.76. The molecule has 116 valence electrons. The van der Waals surface area contributed by atoms with Crippen molar-refractivity contribution in [2.75, 3.05) is 0 Å². The first-order chi connectivity index (χ1) is 10.6. The van der Waals surface area contributed by atoms with Crippen LogP contribution in [0.1, 0.15) is 25.1 Å². The van der Waals surface area contributed by atoms with Crippen molar-refractivity contribution in [1.29, 1.82) is 0 Å². The summed E-state index contributed by atoms with van der Waals surface area (Å²) in [4.78, 5) is 8.51. The summed E-state index contributed by atoms with van der Waals surface area (Å²) in [5.41, 5.74) is 7.76. The van der Waals surface area contributed by atoms with Crippen LogP contribution >= 0.6 is 0 Å². The van der Waals surface area contributed by atoms with Gasteiger partial charge in [0.25, 0.3) is 0 Å². The van der Waals surface area contributed by atoms with Crippen molar-refractivity contribution in [3.05, 3.63) is 59.9 Å². The molecule has 0 unspecified atom stereocenters. The maximum Gasteiger partial charge on any atom is 0.189 e. The quantitative estimate of drug-likeness (QED) is 0.635. The van der Waals surface area contributed by atoms with Gasteiger partial charge in [0, 0.05) is 12.2 Å². The molecule has 1 heterocycles. The van der Waals surface area contributed by atoms with E-state index in [9.17, 15) is 0 Å². The van der Waals surface area contributed by atoms with Crippen molar-refractivity contribution in [1.82, 2.24) is 10.3 Å². The molecule has 0 bridgehead atoms. The van der Waals surface area contributed by atoms with E-state index in [0.717, 1.165) is 17.0 Å². The summed E-state index contributed by atoms with van der Waals surface area (Å²) < 4.78 is 5.69. The Morgan fingerprint density at radius 3 is 2.64 bits per heavy atom. The summed E-state index contributed by atoms with van der Waals surface area (Å²) in [6.45, 7) is 5.06. The molecule has 22 heavy (non-hydrogen) atoms. The molecule has 0 amide bonds. The number of hydrogen-bond donors (Lipinski definition) is 2. The largest absolute Gasteiger partial charge is 0.487 e. The zero-order valence-corrected chi connectivity index (χ0v) is 13.0. The predicted octanol–water partition coefficient (Wildman–Crippen LogP) is 2.47. The SMILES string of the molecule is CC(C)NC(N)=NCc1ccc(OCc2ccccn2)cc1. The fraction of sp³-hybridized carbons (Fsp3) is 0.294. The minimum absolute atomic E-state index is 0.283. The second-order valence-electron chi connectivity index (χ2n) is 5.25. The van der Waals surface area contributed by atoms with E-state index in [4.69, 9.17) is 10.5 Å². The van der Waals surface area contributed by atoms with Gasteiger partial charge in [0.2, 0.25) is 0 Å². The molecule has 3 N–H and O–H groups in total. The van der Waals surface area contributed by atoms with Gasteiger partial charge in [-0.1, -0.05) is 18.2 Å². The average Bonchev–Trinajstić information content (AvgIpc) is 2.52. The first-order valence-electron chi connectivity index (χ1n) is 7.31. The maximum absolute atomic E-state index is 5.77. The number of ether oxygens (including phenoxy) is 1. The number of nitrogens with one attached hydrogen (secondary N) is 1. The van der Waals surface area contributed by atoms with Crippen LogP contribution in [0.2, 0.25) is 0 Å². The van der Waals surface area contributed by atoms with Crippen LogP contribution in [0.3, 0.4) is 0 Å². The average molecular weight is 298 g/mol. The topological polar surface area (TPSA) is 72.5 Å². The number of rotatable bonds is 6. The lowest BCUT2D eigenvalue weighted by Gasteiger charge is -2.09. The monoisotopic (exact) mass is 298 g/mol. The van der Waals surface area contributed by atoms with Gasteiger partial charge in [-0.25, -0.2) is 4.99 Å². The van der Waals surface area contributed by atoms with E-state index >= 15 is 0 Å². The Hall–Kier alpha value is -2.56. The first kappa shape index (κ1) is 15.8. The van der Waals surface area contributed by atoms with Crippen LogP contribution < -0.4 is 15.8 Å². The van der Waals surface area contributed by atoms with Crippen molar-refractivity contribution >= 4 is 5.96 Å². The molecule has 0 spiro atoms. The summed E-state index contributed by atoms with van der Waals surface area (Å²) in [5.74, 6) is 1.28. The van der Waals surface area contributed by atoms with Gasteiger partial charge in [-0.05, 0) is 43.7 Å². The normalized spacial score (nSPS) is 11.5. The Balaban J connectivity index is 1.85. The zero-order valence-electron chi connectivity index (χ0n) is 13.0. The van der Waals surface area contributed by atoms with Gasteiger partial charge >= 0.3 is 0 Å². The van der Waals surface area contributed by atoms with Gasteiger partial charge in [-0.2, -0.15) is 0 Å². The molecule has 0 fully saturated rings. The number of nitrogens with zero attached hydrogens (tertiary/aromatic N) is 2. The van der Waals surface area contributed by atoms with E-state index < -0.39 is 0 Å². The molecule has 0 aliphatic heterocycles. The zero-order chi connectivity index (χ0) is 15.8. The molecule has 0 radical (unpaired) electrons. The Bertz CT molecular complexity index is 594. The highest BCUT2D eigenvalue weighted by Gasteiger charge is 1.99. The molecule has 2 aromatic rings. The summed E-state index contributed by atoms with van der Waals surface area (Å²) >= 11 is 0. The second-order valence-corrected chi connectivity index (χ2v) is 5.25. The Labute approximate surface area is 131 Å². The predicted molar refractivity (Wildman–Crippen MR) is 88.6 cm³/mol. The lowest BCUT2D eigenvalue weighted by Crippen LogP contribution is -2.36. The van der Waals surface area contributed by atoms with Gasteiger partial charge in [0.15, 0.2) is 5.96 Å². The fourth-order valence-electron chi connectivity index (χ4n) is 1.85. The molecule has 1 aromatic heterocycles. The third-order valence-corrected chi connectivity index (χ3v) is 2.90. The number of pyridine rings is 1. The molecular formula is C17H22N4O. The van der Waals surface area contributed by atoms with E-state index in [1.807, 2.05) is 56.3 Å². The number of aromatic nitrogens is 1. The van der Waals surface area contributed by atoms with Crippen LogP contribution in [0.25, 0.3) is 0 Å². The third-order valence-electron chi connectivity index (χ3n) is 2.90. The van der Waals surface area contributed by atoms with Gasteiger partial charge in [0.05, 0.1) is 12.2 Å². The molecule has 0 aliphatic carbocycles. The number of benzene rings is 1. The highest BCUT2D eigenvalue weighted by atomic mass is 16.5. The Kier molecular flexibility index (Phi) is 5.77. The number of nitrogens with two attached hydrogens (primary N) is 1. The van der Waals surface area contributed by atoms with E-state index in [-0.39, 0.29) is 6.04 Å².